The summed E-state index contributed by atoms with van der Waals surface area (Å²) in [5.74, 6) is -0.945. The van der Waals surface area contributed by atoms with Crippen molar-refractivity contribution in [2.75, 3.05) is 13.7 Å². The first-order valence-electron chi connectivity index (χ1n) is 4.02. The van der Waals surface area contributed by atoms with E-state index in [9.17, 15) is 4.79 Å². The van der Waals surface area contributed by atoms with Crippen LogP contribution in [-0.2, 0) is 9.53 Å². The third kappa shape index (κ3) is 4.31. The van der Waals surface area contributed by atoms with E-state index in [1.807, 2.05) is 0 Å². The summed E-state index contributed by atoms with van der Waals surface area (Å²) >= 11 is 0. The number of rotatable bonds is 6. The first-order valence-corrected chi connectivity index (χ1v) is 4.02. The van der Waals surface area contributed by atoms with Crippen LogP contribution in [0.3, 0.4) is 0 Å². The van der Waals surface area contributed by atoms with Gasteiger partial charge in [0.2, 0.25) is 0 Å². The zero-order valence-electron chi connectivity index (χ0n) is 7.67. The average Bonchev–Trinajstić information content (AvgIpc) is 1.98. The second-order valence-corrected chi connectivity index (χ2v) is 3.17. The van der Waals surface area contributed by atoms with Crippen molar-refractivity contribution in [3.8, 4) is 0 Å². The molecule has 1 unspecified atom stereocenters. The molecule has 0 fully saturated rings. The molecule has 0 aliphatic heterocycles. The lowest BCUT2D eigenvalue weighted by molar-refractivity contribution is -0.142. The molecule has 0 aromatic heterocycles. The van der Waals surface area contributed by atoms with Crippen molar-refractivity contribution in [2.45, 2.75) is 31.7 Å². The fraction of sp³-hybridized carbons (Fsp3) is 0.875. The lowest BCUT2D eigenvalue weighted by Crippen LogP contribution is -2.44. The van der Waals surface area contributed by atoms with Gasteiger partial charge >= 0.3 is 5.97 Å². The molecule has 0 rings (SSSR count). The molecule has 72 valence electrons. The molecular formula is C8H17NO3. The van der Waals surface area contributed by atoms with Gasteiger partial charge in [0.05, 0.1) is 0 Å². The van der Waals surface area contributed by atoms with Crippen molar-refractivity contribution in [3.63, 3.8) is 0 Å². The molecule has 0 heterocycles. The fourth-order valence-electron chi connectivity index (χ4n) is 0.846. The summed E-state index contributed by atoms with van der Waals surface area (Å²) in [5.41, 5.74) is 4.41. The van der Waals surface area contributed by atoms with Gasteiger partial charge < -0.3 is 15.6 Å². The minimum atomic E-state index is -1.09. The number of carboxylic acids is 1. The van der Waals surface area contributed by atoms with E-state index in [1.165, 1.54) is 6.92 Å². The maximum absolute atomic E-state index is 10.5. The van der Waals surface area contributed by atoms with Crippen LogP contribution in [0.25, 0.3) is 0 Å². The number of ether oxygens (including phenoxy) is 1. The van der Waals surface area contributed by atoms with Gasteiger partial charge in [-0.3, -0.25) is 4.79 Å². The summed E-state index contributed by atoms with van der Waals surface area (Å²) in [5, 5.41) is 8.64. The Morgan fingerprint density at radius 1 is 1.58 bits per heavy atom. The van der Waals surface area contributed by atoms with Crippen molar-refractivity contribution in [3.05, 3.63) is 0 Å². The highest BCUT2D eigenvalue weighted by Crippen LogP contribution is 2.10. The molecule has 0 saturated carbocycles. The molecule has 4 nitrogen and oxygen atoms in total. The number of carbonyl (C=O) groups is 1. The molecule has 0 aliphatic rings. The molecule has 0 radical (unpaired) electrons. The Bertz CT molecular complexity index is 145. The molecule has 0 bridgehead atoms. The van der Waals surface area contributed by atoms with E-state index < -0.39 is 11.5 Å². The van der Waals surface area contributed by atoms with E-state index in [4.69, 9.17) is 15.6 Å². The zero-order chi connectivity index (χ0) is 9.61. The smallest absolute Gasteiger partial charge is 0.323 e. The van der Waals surface area contributed by atoms with Crippen LogP contribution < -0.4 is 5.73 Å². The molecule has 0 aliphatic carbocycles. The van der Waals surface area contributed by atoms with Crippen molar-refractivity contribution >= 4 is 5.97 Å². The fourth-order valence-corrected chi connectivity index (χ4v) is 0.846. The zero-order valence-corrected chi connectivity index (χ0v) is 7.67. The van der Waals surface area contributed by atoms with Gasteiger partial charge in [-0.25, -0.2) is 0 Å². The third-order valence-corrected chi connectivity index (χ3v) is 1.78. The SMILES string of the molecule is COCCCCC(C)(N)C(=O)O. The Morgan fingerprint density at radius 3 is 2.58 bits per heavy atom. The second kappa shape index (κ2) is 5.11. The Labute approximate surface area is 72.7 Å². The lowest BCUT2D eigenvalue weighted by Gasteiger charge is -2.18. The van der Waals surface area contributed by atoms with Crippen LogP contribution >= 0.6 is 0 Å². The maximum atomic E-state index is 10.5. The highest BCUT2D eigenvalue weighted by atomic mass is 16.5. The van der Waals surface area contributed by atoms with E-state index in [0.717, 1.165) is 12.8 Å². The number of carboxylic acid groups (broad SMARTS) is 1. The first-order chi connectivity index (χ1) is 5.50. The third-order valence-electron chi connectivity index (χ3n) is 1.78. The summed E-state index contributed by atoms with van der Waals surface area (Å²) in [6.45, 7) is 2.19. The van der Waals surface area contributed by atoms with E-state index >= 15 is 0 Å². The Hall–Kier alpha value is -0.610. The molecule has 3 N–H and O–H groups in total. The van der Waals surface area contributed by atoms with Gasteiger partial charge in [-0.15, -0.1) is 0 Å². The predicted octanol–water partition coefficient (Wildman–Crippen LogP) is 0.605. The largest absolute Gasteiger partial charge is 0.480 e. The molecule has 0 spiro atoms. The molecule has 4 heteroatoms. The molecular weight excluding hydrogens is 158 g/mol. The highest BCUT2D eigenvalue weighted by Gasteiger charge is 2.26. The quantitative estimate of drug-likeness (QED) is 0.580. The molecule has 0 saturated heterocycles. The number of aliphatic carboxylic acids is 1. The van der Waals surface area contributed by atoms with Crippen LogP contribution in [-0.4, -0.2) is 30.3 Å². The number of methoxy groups -OCH3 is 1. The summed E-state index contributed by atoms with van der Waals surface area (Å²) in [6, 6.07) is 0. The molecule has 0 aromatic carbocycles. The molecule has 0 aromatic rings. The van der Waals surface area contributed by atoms with E-state index in [2.05, 4.69) is 0 Å². The van der Waals surface area contributed by atoms with E-state index in [-0.39, 0.29) is 0 Å². The van der Waals surface area contributed by atoms with Gasteiger partial charge in [-0.1, -0.05) is 0 Å². The minimum absolute atomic E-state index is 0.492. The Balaban J connectivity index is 3.54. The van der Waals surface area contributed by atoms with Gasteiger partial charge in [-0.2, -0.15) is 0 Å². The van der Waals surface area contributed by atoms with Crippen LogP contribution in [0.2, 0.25) is 0 Å². The predicted molar refractivity (Wildman–Crippen MR) is 46.0 cm³/mol. The van der Waals surface area contributed by atoms with Crippen LogP contribution in [0.15, 0.2) is 0 Å². The van der Waals surface area contributed by atoms with Crippen molar-refractivity contribution in [2.24, 2.45) is 5.73 Å². The van der Waals surface area contributed by atoms with Crippen LogP contribution in [0.4, 0.5) is 0 Å². The topological polar surface area (TPSA) is 72.5 Å². The second-order valence-electron chi connectivity index (χ2n) is 3.17. The Morgan fingerprint density at radius 2 is 2.17 bits per heavy atom. The van der Waals surface area contributed by atoms with Gasteiger partial charge in [0.1, 0.15) is 5.54 Å². The minimum Gasteiger partial charge on any atom is -0.480 e. The van der Waals surface area contributed by atoms with Gasteiger partial charge in [-0.05, 0) is 26.2 Å². The van der Waals surface area contributed by atoms with E-state index in [0.29, 0.717) is 13.0 Å². The molecule has 0 amide bonds. The van der Waals surface area contributed by atoms with Crippen molar-refractivity contribution in [1.29, 1.82) is 0 Å². The monoisotopic (exact) mass is 175 g/mol. The normalized spacial score (nSPS) is 15.6. The van der Waals surface area contributed by atoms with E-state index in [1.54, 1.807) is 7.11 Å². The van der Waals surface area contributed by atoms with Crippen LogP contribution in [0, 0.1) is 0 Å². The van der Waals surface area contributed by atoms with Gasteiger partial charge in [0, 0.05) is 13.7 Å². The Kier molecular flexibility index (Phi) is 4.85. The van der Waals surface area contributed by atoms with Gasteiger partial charge in [0.15, 0.2) is 0 Å². The molecule has 1 atom stereocenters. The number of nitrogens with two attached hydrogens (primary N) is 1. The number of hydrogen-bond acceptors (Lipinski definition) is 3. The number of unbranched alkanes of at least 4 members (excludes halogenated alkanes) is 1. The maximum Gasteiger partial charge on any atom is 0.323 e. The molecule has 12 heavy (non-hydrogen) atoms. The van der Waals surface area contributed by atoms with Gasteiger partial charge in [0.25, 0.3) is 0 Å². The summed E-state index contributed by atoms with van der Waals surface area (Å²) in [6.07, 6.45) is 2.13. The van der Waals surface area contributed by atoms with Crippen LogP contribution in [0.1, 0.15) is 26.2 Å². The van der Waals surface area contributed by atoms with Crippen LogP contribution in [0.5, 0.6) is 0 Å². The van der Waals surface area contributed by atoms with Crippen molar-refractivity contribution < 1.29 is 14.6 Å². The summed E-state index contributed by atoms with van der Waals surface area (Å²) in [4.78, 5) is 10.5. The van der Waals surface area contributed by atoms with Crippen molar-refractivity contribution in [1.82, 2.24) is 0 Å². The average molecular weight is 175 g/mol. The standard InChI is InChI=1S/C8H17NO3/c1-8(9,7(10)11)5-3-4-6-12-2/h3-6,9H2,1-2H3,(H,10,11). The summed E-state index contributed by atoms with van der Waals surface area (Å²) < 4.78 is 4.83. The lowest BCUT2D eigenvalue weighted by atomic mass is 9.97. The highest BCUT2D eigenvalue weighted by molar-refractivity contribution is 5.77. The first kappa shape index (κ1) is 11.4. The number of hydrogen-bond donors (Lipinski definition) is 2. The summed E-state index contributed by atoms with van der Waals surface area (Å²) in [7, 11) is 1.62.